The summed E-state index contributed by atoms with van der Waals surface area (Å²) in [6, 6.07) is 27.1. The van der Waals surface area contributed by atoms with E-state index in [1.54, 1.807) is 0 Å². The van der Waals surface area contributed by atoms with E-state index in [4.69, 9.17) is 0 Å². The van der Waals surface area contributed by atoms with Crippen LogP contribution >= 0.6 is 0 Å². The molecular formula is C21H19N. The molecule has 0 fully saturated rings. The summed E-state index contributed by atoms with van der Waals surface area (Å²) in [4.78, 5) is 0. The molecule has 0 amide bonds. The summed E-state index contributed by atoms with van der Waals surface area (Å²) in [5.74, 6) is 0. The first-order valence-corrected chi connectivity index (χ1v) is 7.47. The van der Waals surface area contributed by atoms with Gasteiger partial charge >= 0.3 is 0 Å². The van der Waals surface area contributed by atoms with Crippen molar-refractivity contribution in [3.8, 4) is 0 Å². The maximum Gasteiger partial charge on any atom is 0.0457 e. The first-order chi connectivity index (χ1) is 10.8. The van der Waals surface area contributed by atoms with E-state index in [2.05, 4.69) is 97.2 Å². The maximum atomic E-state index is 3.48. The largest absolute Gasteiger partial charge is 0.355 e. The molecule has 0 bridgehead atoms. The summed E-state index contributed by atoms with van der Waals surface area (Å²) >= 11 is 0. The molecule has 0 atom stereocenters. The number of hydrogen-bond donors (Lipinski definition) is 1. The van der Waals surface area contributed by atoms with Gasteiger partial charge in [0.05, 0.1) is 0 Å². The van der Waals surface area contributed by atoms with Crippen LogP contribution in [0, 0.1) is 6.92 Å². The quantitative estimate of drug-likeness (QED) is 0.588. The molecule has 0 spiro atoms. The van der Waals surface area contributed by atoms with Crippen molar-refractivity contribution in [1.29, 1.82) is 0 Å². The van der Waals surface area contributed by atoms with Crippen LogP contribution in [0.15, 0.2) is 78.9 Å². The van der Waals surface area contributed by atoms with Gasteiger partial charge in [0.2, 0.25) is 0 Å². The Balaban J connectivity index is 1.83. The Hall–Kier alpha value is -2.80. The Morgan fingerprint density at radius 1 is 0.682 bits per heavy atom. The Labute approximate surface area is 132 Å². The van der Waals surface area contributed by atoms with Crippen molar-refractivity contribution in [2.24, 2.45) is 0 Å². The SMILES string of the molecule is Cc1ccc(Nc2ccccc2/C=C/c2ccccc2)cc1. The van der Waals surface area contributed by atoms with Crippen molar-refractivity contribution >= 4 is 23.5 Å². The van der Waals surface area contributed by atoms with Crippen LogP contribution in [0.1, 0.15) is 16.7 Å². The molecule has 3 aromatic rings. The van der Waals surface area contributed by atoms with Crippen molar-refractivity contribution in [2.75, 3.05) is 5.32 Å². The fourth-order valence-corrected chi connectivity index (χ4v) is 2.30. The van der Waals surface area contributed by atoms with E-state index in [0.717, 1.165) is 11.4 Å². The number of benzene rings is 3. The van der Waals surface area contributed by atoms with Gasteiger partial charge in [0.25, 0.3) is 0 Å². The van der Waals surface area contributed by atoms with E-state index in [1.807, 2.05) is 6.07 Å². The number of hydrogen-bond acceptors (Lipinski definition) is 1. The molecule has 0 aromatic heterocycles. The molecule has 0 saturated carbocycles. The third kappa shape index (κ3) is 3.64. The monoisotopic (exact) mass is 285 g/mol. The minimum absolute atomic E-state index is 1.10. The molecule has 0 aliphatic rings. The number of aryl methyl sites for hydroxylation is 1. The van der Waals surface area contributed by atoms with Crippen LogP contribution in [-0.2, 0) is 0 Å². The summed E-state index contributed by atoms with van der Waals surface area (Å²) in [5.41, 5.74) is 5.85. The second-order valence-corrected chi connectivity index (χ2v) is 5.32. The minimum atomic E-state index is 1.10. The van der Waals surface area contributed by atoms with Crippen LogP contribution in [0.25, 0.3) is 12.2 Å². The molecule has 1 N–H and O–H groups in total. The highest BCUT2D eigenvalue weighted by Crippen LogP contribution is 2.23. The van der Waals surface area contributed by atoms with Gasteiger partial charge in [-0.3, -0.25) is 0 Å². The van der Waals surface area contributed by atoms with Crippen molar-refractivity contribution in [1.82, 2.24) is 0 Å². The fourth-order valence-electron chi connectivity index (χ4n) is 2.30. The summed E-state index contributed by atoms with van der Waals surface area (Å²) in [6.45, 7) is 2.10. The van der Waals surface area contributed by atoms with Gasteiger partial charge in [0.15, 0.2) is 0 Å². The van der Waals surface area contributed by atoms with E-state index < -0.39 is 0 Å². The van der Waals surface area contributed by atoms with Gasteiger partial charge in [0.1, 0.15) is 0 Å². The molecule has 0 unspecified atom stereocenters. The molecule has 0 radical (unpaired) electrons. The molecule has 1 nitrogen and oxygen atoms in total. The summed E-state index contributed by atoms with van der Waals surface area (Å²) in [6.07, 6.45) is 4.28. The van der Waals surface area contributed by atoms with Crippen LogP contribution in [0.2, 0.25) is 0 Å². The average Bonchev–Trinajstić information content (AvgIpc) is 2.57. The van der Waals surface area contributed by atoms with Crippen molar-refractivity contribution in [2.45, 2.75) is 6.92 Å². The molecular weight excluding hydrogens is 266 g/mol. The van der Waals surface area contributed by atoms with Crippen LogP contribution in [0.5, 0.6) is 0 Å². The lowest BCUT2D eigenvalue weighted by molar-refractivity contribution is 1.45. The van der Waals surface area contributed by atoms with E-state index in [-0.39, 0.29) is 0 Å². The van der Waals surface area contributed by atoms with Gasteiger partial charge in [-0.1, -0.05) is 78.4 Å². The highest BCUT2D eigenvalue weighted by Gasteiger charge is 1.99. The normalized spacial score (nSPS) is 10.8. The van der Waals surface area contributed by atoms with E-state index in [9.17, 15) is 0 Å². The topological polar surface area (TPSA) is 12.0 Å². The zero-order valence-corrected chi connectivity index (χ0v) is 12.7. The van der Waals surface area contributed by atoms with Gasteiger partial charge in [-0.25, -0.2) is 0 Å². The fraction of sp³-hybridized carbons (Fsp3) is 0.0476. The van der Waals surface area contributed by atoms with Gasteiger partial charge < -0.3 is 5.32 Å². The third-order valence-corrected chi connectivity index (χ3v) is 3.55. The van der Waals surface area contributed by atoms with Crippen LogP contribution in [0.3, 0.4) is 0 Å². The van der Waals surface area contributed by atoms with Crippen molar-refractivity contribution < 1.29 is 0 Å². The first kappa shape index (κ1) is 14.2. The highest BCUT2D eigenvalue weighted by molar-refractivity contribution is 5.78. The summed E-state index contributed by atoms with van der Waals surface area (Å²) in [7, 11) is 0. The molecule has 3 rings (SSSR count). The van der Waals surface area contributed by atoms with Crippen LogP contribution < -0.4 is 5.32 Å². The summed E-state index contributed by atoms with van der Waals surface area (Å²) in [5, 5.41) is 3.48. The first-order valence-electron chi connectivity index (χ1n) is 7.47. The van der Waals surface area contributed by atoms with Gasteiger partial charge in [-0.05, 0) is 36.2 Å². The molecule has 1 heteroatoms. The van der Waals surface area contributed by atoms with Crippen LogP contribution in [0.4, 0.5) is 11.4 Å². The minimum Gasteiger partial charge on any atom is -0.355 e. The second kappa shape index (κ2) is 6.77. The Kier molecular flexibility index (Phi) is 4.35. The Bertz CT molecular complexity index is 755. The molecule has 3 aromatic carbocycles. The number of nitrogens with one attached hydrogen (secondary N) is 1. The zero-order valence-electron chi connectivity index (χ0n) is 12.7. The third-order valence-electron chi connectivity index (χ3n) is 3.55. The number of para-hydroxylation sites is 1. The van der Waals surface area contributed by atoms with E-state index in [0.29, 0.717) is 0 Å². The maximum absolute atomic E-state index is 3.48. The lowest BCUT2D eigenvalue weighted by atomic mass is 10.1. The molecule has 0 heterocycles. The standard InChI is InChI=1S/C21H19N/c1-17-11-15-20(16-12-17)22-21-10-6-5-9-19(21)14-13-18-7-3-2-4-8-18/h2-16,22H,1H3/b14-13+. The smallest absolute Gasteiger partial charge is 0.0457 e. The molecule has 0 aliphatic heterocycles. The van der Waals surface area contributed by atoms with E-state index >= 15 is 0 Å². The molecule has 0 saturated heterocycles. The number of anilines is 2. The number of rotatable bonds is 4. The van der Waals surface area contributed by atoms with Crippen molar-refractivity contribution in [3.63, 3.8) is 0 Å². The molecule has 22 heavy (non-hydrogen) atoms. The predicted octanol–water partition coefficient (Wildman–Crippen LogP) is 5.91. The van der Waals surface area contributed by atoms with Gasteiger partial charge in [0, 0.05) is 11.4 Å². The lowest BCUT2D eigenvalue weighted by Gasteiger charge is -2.10. The summed E-state index contributed by atoms with van der Waals surface area (Å²) < 4.78 is 0. The Morgan fingerprint density at radius 3 is 2.14 bits per heavy atom. The lowest BCUT2D eigenvalue weighted by Crippen LogP contribution is -1.92. The van der Waals surface area contributed by atoms with Gasteiger partial charge in [-0.15, -0.1) is 0 Å². The predicted molar refractivity (Wildman–Crippen MR) is 96.3 cm³/mol. The Morgan fingerprint density at radius 2 is 1.36 bits per heavy atom. The van der Waals surface area contributed by atoms with Crippen molar-refractivity contribution in [3.05, 3.63) is 95.6 Å². The second-order valence-electron chi connectivity index (χ2n) is 5.32. The van der Waals surface area contributed by atoms with E-state index in [1.165, 1.54) is 16.7 Å². The van der Waals surface area contributed by atoms with Gasteiger partial charge in [-0.2, -0.15) is 0 Å². The average molecular weight is 285 g/mol. The zero-order chi connectivity index (χ0) is 15.2. The highest BCUT2D eigenvalue weighted by atomic mass is 14.9. The molecule has 0 aliphatic carbocycles. The molecule has 108 valence electrons. The van der Waals surface area contributed by atoms with Crippen LogP contribution in [-0.4, -0.2) is 0 Å².